The summed E-state index contributed by atoms with van der Waals surface area (Å²) in [5.41, 5.74) is 2.04. The molecule has 0 fully saturated rings. The number of para-hydroxylation sites is 1. The lowest BCUT2D eigenvalue weighted by atomic mass is 10.2. The van der Waals surface area contributed by atoms with Gasteiger partial charge in [0.05, 0.1) is 13.2 Å². The van der Waals surface area contributed by atoms with Gasteiger partial charge < -0.3 is 14.8 Å². The van der Waals surface area contributed by atoms with E-state index in [9.17, 15) is 0 Å². The molecule has 0 saturated carbocycles. The zero-order valence-corrected chi connectivity index (χ0v) is 13.1. The average Bonchev–Trinajstić information content (AvgIpc) is 2.50. The first-order valence-electron chi connectivity index (χ1n) is 7.11. The molecular formula is C17H20ClNO2. The number of hydrogen-bond donors (Lipinski definition) is 1. The van der Waals surface area contributed by atoms with Gasteiger partial charge in [0.15, 0.2) is 11.5 Å². The van der Waals surface area contributed by atoms with Gasteiger partial charge in [0.25, 0.3) is 0 Å². The van der Waals surface area contributed by atoms with Crippen molar-refractivity contribution in [3.8, 4) is 11.5 Å². The maximum atomic E-state index is 6.33. The number of nitrogens with one attached hydrogen (secondary N) is 1. The first-order chi connectivity index (χ1) is 10.2. The Kier molecular flexibility index (Phi) is 5.76. The summed E-state index contributed by atoms with van der Waals surface area (Å²) in [5, 5.41) is 4.01. The van der Waals surface area contributed by atoms with Gasteiger partial charge in [-0.3, -0.25) is 0 Å². The van der Waals surface area contributed by atoms with Gasteiger partial charge in [-0.2, -0.15) is 0 Å². The van der Waals surface area contributed by atoms with Crippen LogP contribution in [0.15, 0.2) is 42.5 Å². The fraction of sp³-hybridized carbons (Fsp3) is 0.294. The minimum absolute atomic E-state index is 0.581. The molecule has 0 saturated heterocycles. The third kappa shape index (κ3) is 4.30. The van der Waals surface area contributed by atoms with Crippen LogP contribution >= 0.6 is 11.6 Å². The predicted octanol–water partition coefficient (Wildman–Crippen LogP) is 4.75. The van der Waals surface area contributed by atoms with E-state index in [1.807, 2.05) is 56.3 Å². The lowest BCUT2D eigenvalue weighted by Gasteiger charge is -2.15. The normalized spacial score (nSPS) is 10.2. The van der Waals surface area contributed by atoms with E-state index in [1.54, 1.807) is 0 Å². The third-order valence-electron chi connectivity index (χ3n) is 2.97. The highest BCUT2D eigenvalue weighted by Crippen LogP contribution is 2.34. The van der Waals surface area contributed by atoms with Gasteiger partial charge in [0.1, 0.15) is 0 Å². The van der Waals surface area contributed by atoms with Crippen LogP contribution in [0, 0.1) is 0 Å². The van der Waals surface area contributed by atoms with E-state index < -0.39 is 0 Å². The third-order valence-corrected chi connectivity index (χ3v) is 3.32. The van der Waals surface area contributed by atoms with E-state index in [4.69, 9.17) is 21.1 Å². The molecular weight excluding hydrogens is 286 g/mol. The monoisotopic (exact) mass is 305 g/mol. The molecule has 2 rings (SSSR count). The van der Waals surface area contributed by atoms with Gasteiger partial charge in [-0.25, -0.2) is 0 Å². The molecule has 4 heteroatoms. The predicted molar refractivity (Wildman–Crippen MR) is 87.6 cm³/mol. The van der Waals surface area contributed by atoms with Crippen molar-refractivity contribution >= 4 is 17.3 Å². The van der Waals surface area contributed by atoms with Crippen molar-refractivity contribution in [2.45, 2.75) is 20.4 Å². The van der Waals surface area contributed by atoms with E-state index >= 15 is 0 Å². The van der Waals surface area contributed by atoms with E-state index in [2.05, 4.69) is 5.32 Å². The summed E-state index contributed by atoms with van der Waals surface area (Å²) in [6.45, 7) is 5.70. The molecule has 3 nitrogen and oxygen atoms in total. The molecule has 2 aromatic rings. The first kappa shape index (κ1) is 15.5. The standard InChI is InChI=1S/C17H20ClNO2/c1-3-20-16-10-13(15(18)11-17(16)21-4-2)12-19-14-8-6-5-7-9-14/h5-11,19H,3-4,12H2,1-2H3. The first-order valence-corrected chi connectivity index (χ1v) is 7.49. The molecule has 0 aliphatic heterocycles. The lowest BCUT2D eigenvalue weighted by molar-refractivity contribution is 0.287. The Labute approximate surface area is 130 Å². The molecule has 0 amide bonds. The van der Waals surface area contributed by atoms with Crippen LogP contribution in [0.3, 0.4) is 0 Å². The van der Waals surface area contributed by atoms with E-state index in [0.717, 1.165) is 17.0 Å². The Morgan fingerprint density at radius 2 is 1.57 bits per heavy atom. The lowest BCUT2D eigenvalue weighted by Crippen LogP contribution is -2.03. The Bertz CT molecular complexity index is 573. The summed E-state index contributed by atoms with van der Waals surface area (Å²) in [7, 11) is 0. The zero-order chi connectivity index (χ0) is 15.1. The van der Waals surface area contributed by atoms with Crippen LogP contribution in [0.5, 0.6) is 11.5 Å². The van der Waals surface area contributed by atoms with Crippen LogP contribution in [0.25, 0.3) is 0 Å². The van der Waals surface area contributed by atoms with Gasteiger partial charge in [-0.1, -0.05) is 29.8 Å². The number of anilines is 1. The summed E-state index contributed by atoms with van der Waals surface area (Å²) >= 11 is 6.33. The topological polar surface area (TPSA) is 30.5 Å². The average molecular weight is 306 g/mol. The van der Waals surface area contributed by atoms with Crippen molar-refractivity contribution < 1.29 is 9.47 Å². The smallest absolute Gasteiger partial charge is 0.162 e. The van der Waals surface area contributed by atoms with Crippen LogP contribution in [-0.2, 0) is 6.54 Å². The Morgan fingerprint density at radius 1 is 0.952 bits per heavy atom. The van der Waals surface area contributed by atoms with Gasteiger partial charge in [0, 0.05) is 23.3 Å². The second-order valence-corrected chi connectivity index (χ2v) is 4.88. The van der Waals surface area contributed by atoms with Crippen molar-refractivity contribution in [3.05, 3.63) is 53.1 Å². The number of hydrogen-bond acceptors (Lipinski definition) is 3. The van der Waals surface area contributed by atoms with Crippen molar-refractivity contribution in [2.75, 3.05) is 18.5 Å². The van der Waals surface area contributed by atoms with Gasteiger partial charge in [0.2, 0.25) is 0 Å². The van der Waals surface area contributed by atoms with Crippen LogP contribution < -0.4 is 14.8 Å². The number of halogens is 1. The largest absolute Gasteiger partial charge is 0.490 e. The Balaban J connectivity index is 2.16. The van der Waals surface area contributed by atoms with Crippen molar-refractivity contribution in [1.29, 1.82) is 0 Å². The summed E-state index contributed by atoms with van der Waals surface area (Å²) < 4.78 is 11.2. The van der Waals surface area contributed by atoms with Crippen molar-refractivity contribution in [3.63, 3.8) is 0 Å². The summed E-state index contributed by atoms with van der Waals surface area (Å²) in [6, 6.07) is 13.8. The highest BCUT2D eigenvalue weighted by molar-refractivity contribution is 6.31. The van der Waals surface area contributed by atoms with Gasteiger partial charge in [-0.15, -0.1) is 0 Å². The molecule has 0 aliphatic carbocycles. The maximum Gasteiger partial charge on any atom is 0.162 e. The number of rotatable bonds is 7. The van der Waals surface area contributed by atoms with Crippen molar-refractivity contribution in [1.82, 2.24) is 0 Å². The highest BCUT2D eigenvalue weighted by Gasteiger charge is 2.10. The second kappa shape index (κ2) is 7.79. The van der Waals surface area contributed by atoms with Gasteiger partial charge >= 0.3 is 0 Å². The molecule has 0 bridgehead atoms. The number of benzene rings is 2. The van der Waals surface area contributed by atoms with E-state index in [-0.39, 0.29) is 0 Å². The minimum Gasteiger partial charge on any atom is -0.490 e. The maximum absolute atomic E-state index is 6.33. The molecule has 0 aromatic heterocycles. The SMILES string of the molecule is CCOc1cc(Cl)c(CNc2ccccc2)cc1OCC. The molecule has 112 valence electrons. The molecule has 0 radical (unpaired) electrons. The van der Waals surface area contributed by atoms with Crippen LogP contribution in [0.1, 0.15) is 19.4 Å². The van der Waals surface area contributed by atoms with Crippen LogP contribution in [0.4, 0.5) is 5.69 Å². The molecule has 0 unspecified atom stereocenters. The Morgan fingerprint density at radius 3 is 2.19 bits per heavy atom. The van der Waals surface area contributed by atoms with Crippen LogP contribution in [0.2, 0.25) is 5.02 Å². The minimum atomic E-state index is 0.581. The Hall–Kier alpha value is -1.87. The summed E-state index contributed by atoms with van der Waals surface area (Å²) in [5.74, 6) is 1.42. The van der Waals surface area contributed by atoms with Crippen molar-refractivity contribution in [2.24, 2.45) is 0 Å². The molecule has 0 atom stereocenters. The molecule has 0 spiro atoms. The highest BCUT2D eigenvalue weighted by atomic mass is 35.5. The van der Waals surface area contributed by atoms with Gasteiger partial charge in [-0.05, 0) is 37.6 Å². The molecule has 2 aromatic carbocycles. The van der Waals surface area contributed by atoms with Crippen LogP contribution in [-0.4, -0.2) is 13.2 Å². The molecule has 1 N–H and O–H groups in total. The van der Waals surface area contributed by atoms with E-state index in [1.165, 1.54) is 0 Å². The summed E-state index contributed by atoms with van der Waals surface area (Å²) in [4.78, 5) is 0. The molecule has 0 aliphatic rings. The van der Waals surface area contributed by atoms with E-state index in [0.29, 0.717) is 30.5 Å². The number of ether oxygens (including phenoxy) is 2. The molecule has 21 heavy (non-hydrogen) atoms. The summed E-state index contributed by atoms with van der Waals surface area (Å²) in [6.07, 6.45) is 0. The quantitative estimate of drug-likeness (QED) is 0.800. The molecule has 0 heterocycles. The zero-order valence-electron chi connectivity index (χ0n) is 12.4. The second-order valence-electron chi connectivity index (χ2n) is 4.48. The fourth-order valence-corrected chi connectivity index (χ4v) is 2.22. The fourth-order valence-electron chi connectivity index (χ4n) is 2.00.